The number of methoxy groups -OCH3 is 2. The predicted molar refractivity (Wildman–Crippen MR) is 119 cm³/mol. The molecule has 31 heavy (non-hydrogen) atoms. The van der Waals surface area contributed by atoms with Gasteiger partial charge in [-0.1, -0.05) is 42.4 Å². The molecule has 0 aliphatic carbocycles. The van der Waals surface area contributed by atoms with Gasteiger partial charge in [-0.2, -0.15) is 0 Å². The Morgan fingerprint density at radius 1 is 1.03 bits per heavy atom. The van der Waals surface area contributed by atoms with E-state index in [9.17, 15) is 14.4 Å². The SMILES string of the molecule is CCC(=O)Nc1cc(Sc2ccccc2Cl)ccc1N=C(NC(=O)OC)NC(=O)OC. The molecule has 0 saturated carbocycles. The summed E-state index contributed by atoms with van der Waals surface area (Å²) in [5.74, 6) is -0.475. The highest BCUT2D eigenvalue weighted by Crippen LogP contribution is 2.37. The Morgan fingerprint density at radius 3 is 2.26 bits per heavy atom. The third kappa shape index (κ3) is 7.50. The van der Waals surface area contributed by atoms with E-state index in [0.29, 0.717) is 10.7 Å². The zero-order valence-electron chi connectivity index (χ0n) is 17.0. The number of hydrogen-bond acceptors (Lipinski definition) is 7. The summed E-state index contributed by atoms with van der Waals surface area (Å²) < 4.78 is 9.07. The van der Waals surface area contributed by atoms with Crippen molar-refractivity contribution in [3.8, 4) is 0 Å². The van der Waals surface area contributed by atoms with E-state index in [4.69, 9.17) is 11.6 Å². The quantitative estimate of drug-likeness (QED) is 0.441. The molecule has 0 aliphatic heterocycles. The molecular weight excluding hydrogens is 444 g/mol. The Labute approximate surface area is 188 Å². The van der Waals surface area contributed by atoms with Gasteiger partial charge in [-0.15, -0.1) is 0 Å². The highest BCUT2D eigenvalue weighted by molar-refractivity contribution is 7.99. The molecule has 9 nitrogen and oxygen atoms in total. The van der Waals surface area contributed by atoms with Crippen molar-refractivity contribution in [2.75, 3.05) is 19.5 Å². The molecule has 0 radical (unpaired) electrons. The van der Waals surface area contributed by atoms with E-state index in [1.165, 1.54) is 26.0 Å². The lowest BCUT2D eigenvalue weighted by Gasteiger charge is -2.13. The van der Waals surface area contributed by atoms with E-state index < -0.39 is 12.2 Å². The average Bonchev–Trinajstić information content (AvgIpc) is 2.76. The number of hydrogen-bond donors (Lipinski definition) is 3. The van der Waals surface area contributed by atoms with Crippen molar-refractivity contribution >= 4 is 58.8 Å². The van der Waals surface area contributed by atoms with Gasteiger partial charge in [0.25, 0.3) is 0 Å². The first-order chi connectivity index (χ1) is 14.9. The maximum absolute atomic E-state index is 12.0. The smallest absolute Gasteiger partial charge is 0.413 e. The maximum Gasteiger partial charge on any atom is 0.413 e. The number of rotatable bonds is 5. The molecule has 11 heteroatoms. The second-order valence-electron chi connectivity index (χ2n) is 5.81. The number of halogens is 1. The Morgan fingerprint density at radius 2 is 1.68 bits per heavy atom. The van der Waals surface area contributed by atoms with Gasteiger partial charge in [0.15, 0.2) is 0 Å². The van der Waals surface area contributed by atoms with Crippen molar-refractivity contribution in [2.24, 2.45) is 4.99 Å². The minimum atomic E-state index is -0.847. The van der Waals surface area contributed by atoms with Gasteiger partial charge in [-0.05, 0) is 30.3 Å². The number of guanidine groups is 1. The van der Waals surface area contributed by atoms with Crippen molar-refractivity contribution in [1.29, 1.82) is 0 Å². The molecule has 3 amide bonds. The van der Waals surface area contributed by atoms with Crippen LogP contribution in [0.5, 0.6) is 0 Å². The Bertz CT molecular complexity index is 979. The molecule has 3 N–H and O–H groups in total. The lowest BCUT2D eigenvalue weighted by molar-refractivity contribution is -0.115. The fourth-order valence-electron chi connectivity index (χ4n) is 2.17. The van der Waals surface area contributed by atoms with Crippen molar-refractivity contribution in [3.63, 3.8) is 0 Å². The first-order valence-electron chi connectivity index (χ1n) is 9.01. The van der Waals surface area contributed by atoms with Gasteiger partial charge in [0.2, 0.25) is 11.9 Å². The molecule has 0 aromatic heterocycles. The summed E-state index contributed by atoms with van der Waals surface area (Å²) in [6, 6.07) is 12.5. The number of benzene rings is 2. The van der Waals surface area contributed by atoms with Crippen molar-refractivity contribution in [3.05, 3.63) is 47.5 Å². The second kappa shape index (κ2) is 11.8. The summed E-state index contributed by atoms with van der Waals surface area (Å²) in [6.45, 7) is 1.71. The molecule has 0 unspecified atom stereocenters. The van der Waals surface area contributed by atoms with Gasteiger partial charge >= 0.3 is 12.2 Å². The third-order valence-electron chi connectivity index (χ3n) is 3.67. The van der Waals surface area contributed by atoms with Crippen LogP contribution in [0.1, 0.15) is 13.3 Å². The van der Waals surface area contributed by atoms with Crippen LogP contribution in [0.15, 0.2) is 57.2 Å². The lowest BCUT2D eigenvalue weighted by Crippen LogP contribution is -2.43. The van der Waals surface area contributed by atoms with Gasteiger partial charge in [-0.3, -0.25) is 15.4 Å². The molecule has 0 fully saturated rings. The standard InChI is InChI=1S/C20H21ClN4O5S/c1-4-17(26)22-15-11-12(31-16-8-6-5-7-13(16)21)9-10-14(15)23-18(24-19(27)29-2)25-20(28)30-3/h5-11H,4H2,1-3H3,(H,22,26)(H2,23,24,25,27,28). The van der Waals surface area contributed by atoms with E-state index >= 15 is 0 Å². The van der Waals surface area contributed by atoms with Gasteiger partial charge < -0.3 is 14.8 Å². The zero-order valence-corrected chi connectivity index (χ0v) is 18.6. The first-order valence-corrected chi connectivity index (χ1v) is 10.2. The van der Waals surface area contributed by atoms with Crippen molar-refractivity contribution in [2.45, 2.75) is 23.1 Å². The van der Waals surface area contributed by atoms with Crippen LogP contribution in [0.25, 0.3) is 0 Å². The molecule has 2 rings (SSSR count). The third-order valence-corrected chi connectivity index (χ3v) is 5.18. The summed E-state index contributed by atoms with van der Waals surface area (Å²) in [4.78, 5) is 41.1. The number of anilines is 1. The van der Waals surface area contributed by atoms with Crippen LogP contribution < -0.4 is 16.0 Å². The maximum atomic E-state index is 12.0. The number of nitrogens with one attached hydrogen (secondary N) is 3. The van der Waals surface area contributed by atoms with Crippen LogP contribution in [-0.4, -0.2) is 38.3 Å². The van der Waals surface area contributed by atoms with Crippen LogP contribution >= 0.6 is 23.4 Å². The van der Waals surface area contributed by atoms with Gasteiger partial charge in [0.1, 0.15) is 0 Å². The molecule has 2 aromatic rings. The van der Waals surface area contributed by atoms with E-state index in [0.717, 1.165) is 9.79 Å². The Hall–Kier alpha value is -3.24. The molecule has 0 atom stereocenters. The summed E-state index contributed by atoms with van der Waals surface area (Å²) in [5.41, 5.74) is 0.660. The first kappa shape index (κ1) is 24.0. The van der Waals surface area contributed by atoms with Gasteiger partial charge in [-0.25, -0.2) is 14.6 Å². The highest BCUT2D eigenvalue weighted by Gasteiger charge is 2.14. The Balaban J connectivity index is 2.43. The summed E-state index contributed by atoms with van der Waals surface area (Å²) in [7, 11) is 2.33. The normalized spacial score (nSPS) is 9.94. The predicted octanol–water partition coefficient (Wildman–Crippen LogP) is 4.54. The number of nitrogens with zero attached hydrogens (tertiary/aromatic N) is 1. The summed E-state index contributed by atoms with van der Waals surface area (Å²) in [5, 5.41) is 7.92. The average molecular weight is 465 g/mol. The number of alkyl carbamates (subject to hydrolysis) is 2. The number of amides is 3. The van der Waals surface area contributed by atoms with Crippen LogP contribution in [0.3, 0.4) is 0 Å². The second-order valence-corrected chi connectivity index (χ2v) is 7.33. The molecule has 164 valence electrons. The van der Waals surface area contributed by atoms with E-state index in [2.05, 4.69) is 30.4 Å². The monoisotopic (exact) mass is 464 g/mol. The topological polar surface area (TPSA) is 118 Å². The number of carbonyl (C=O) groups excluding carboxylic acids is 3. The van der Waals surface area contributed by atoms with E-state index in [-0.39, 0.29) is 24.0 Å². The number of aliphatic imine (C=N–C) groups is 1. The molecule has 0 saturated heterocycles. The van der Waals surface area contributed by atoms with Crippen LogP contribution in [-0.2, 0) is 14.3 Å². The molecule has 0 bridgehead atoms. The summed E-state index contributed by atoms with van der Waals surface area (Å²) >= 11 is 7.64. The summed E-state index contributed by atoms with van der Waals surface area (Å²) in [6.07, 6.45) is -1.45. The van der Waals surface area contributed by atoms with E-state index in [1.807, 2.05) is 18.2 Å². The fourth-order valence-corrected chi connectivity index (χ4v) is 3.30. The molecular formula is C20H21ClN4O5S. The zero-order chi connectivity index (χ0) is 22.8. The number of ether oxygens (including phenoxy) is 2. The van der Waals surface area contributed by atoms with Gasteiger partial charge in [0.05, 0.1) is 30.6 Å². The van der Waals surface area contributed by atoms with Crippen LogP contribution in [0, 0.1) is 0 Å². The van der Waals surface area contributed by atoms with Crippen molar-refractivity contribution in [1.82, 2.24) is 10.6 Å². The largest absolute Gasteiger partial charge is 0.453 e. The molecule has 2 aromatic carbocycles. The van der Waals surface area contributed by atoms with Gasteiger partial charge in [0, 0.05) is 16.2 Å². The van der Waals surface area contributed by atoms with E-state index in [1.54, 1.807) is 31.2 Å². The lowest BCUT2D eigenvalue weighted by atomic mass is 10.2. The van der Waals surface area contributed by atoms with Crippen molar-refractivity contribution < 1.29 is 23.9 Å². The minimum absolute atomic E-state index is 0.236. The molecule has 0 spiro atoms. The van der Waals surface area contributed by atoms with Crippen LogP contribution in [0.4, 0.5) is 21.0 Å². The highest BCUT2D eigenvalue weighted by atomic mass is 35.5. The fraction of sp³-hybridized carbons (Fsp3) is 0.200. The molecule has 0 aliphatic rings. The Kier molecular flexibility index (Phi) is 9.16. The molecule has 0 heterocycles. The minimum Gasteiger partial charge on any atom is -0.453 e. The number of carbonyl (C=O) groups is 3. The van der Waals surface area contributed by atoms with Crippen LogP contribution in [0.2, 0.25) is 5.02 Å².